The number of methoxy groups -OCH3 is 1. The minimum atomic E-state index is -3.66. The second-order valence-corrected chi connectivity index (χ2v) is 9.43. The van der Waals surface area contributed by atoms with E-state index in [2.05, 4.69) is 10.1 Å². The van der Waals surface area contributed by atoms with Gasteiger partial charge >= 0.3 is 5.97 Å². The Morgan fingerprint density at radius 3 is 2.40 bits per heavy atom. The first-order valence-electron chi connectivity index (χ1n) is 9.54. The van der Waals surface area contributed by atoms with E-state index in [1.807, 2.05) is 0 Å². The first kappa shape index (κ1) is 22.3. The molecule has 3 rings (SSSR count). The number of hydrogen-bond acceptors (Lipinski definition) is 5. The highest BCUT2D eigenvalue weighted by Gasteiger charge is 2.27. The molecular formula is C21H23ClN2O5S. The number of esters is 1. The van der Waals surface area contributed by atoms with Gasteiger partial charge in [0.1, 0.15) is 0 Å². The molecule has 0 radical (unpaired) electrons. The van der Waals surface area contributed by atoms with Gasteiger partial charge in [-0.3, -0.25) is 4.79 Å². The fourth-order valence-electron chi connectivity index (χ4n) is 3.33. The molecule has 1 fully saturated rings. The lowest BCUT2D eigenvalue weighted by Gasteiger charge is -2.26. The fourth-order valence-corrected chi connectivity index (χ4v) is 5.07. The lowest BCUT2D eigenvalue weighted by atomic mass is 10.1. The van der Waals surface area contributed by atoms with Crippen molar-refractivity contribution in [2.45, 2.75) is 31.1 Å². The van der Waals surface area contributed by atoms with Crippen molar-refractivity contribution in [3.05, 3.63) is 58.1 Å². The van der Waals surface area contributed by atoms with E-state index in [1.165, 1.54) is 35.7 Å². The van der Waals surface area contributed by atoms with Crippen molar-refractivity contribution in [1.82, 2.24) is 4.31 Å². The van der Waals surface area contributed by atoms with Gasteiger partial charge in [0, 0.05) is 24.3 Å². The number of anilines is 1. The summed E-state index contributed by atoms with van der Waals surface area (Å²) in [6.07, 6.45) is 2.68. The summed E-state index contributed by atoms with van der Waals surface area (Å²) >= 11 is 6.01. The highest BCUT2D eigenvalue weighted by atomic mass is 35.5. The summed E-state index contributed by atoms with van der Waals surface area (Å²) in [6, 6.07) is 8.98. The number of carbonyl (C=O) groups is 2. The predicted octanol–water partition coefficient (Wildman–Crippen LogP) is 3.86. The molecule has 0 aromatic heterocycles. The van der Waals surface area contributed by atoms with Crippen molar-refractivity contribution in [1.29, 1.82) is 0 Å². The third kappa shape index (κ3) is 4.66. The van der Waals surface area contributed by atoms with Gasteiger partial charge in [-0.1, -0.05) is 24.1 Å². The normalized spacial score (nSPS) is 14.9. The number of ether oxygens (including phenoxy) is 1. The van der Waals surface area contributed by atoms with Gasteiger partial charge in [0.05, 0.1) is 22.6 Å². The topological polar surface area (TPSA) is 92.8 Å². The number of halogens is 1. The Morgan fingerprint density at radius 1 is 1.03 bits per heavy atom. The van der Waals surface area contributed by atoms with Crippen LogP contribution in [0.4, 0.5) is 5.69 Å². The van der Waals surface area contributed by atoms with Crippen LogP contribution in [0.1, 0.15) is 45.5 Å². The van der Waals surface area contributed by atoms with Crippen molar-refractivity contribution >= 4 is 39.2 Å². The summed E-state index contributed by atoms with van der Waals surface area (Å²) < 4.78 is 32.0. The highest BCUT2D eigenvalue weighted by Crippen LogP contribution is 2.25. The zero-order valence-electron chi connectivity index (χ0n) is 16.8. The molecule has 1 aliphatic heterocycles. The molecule has 1 heterocycles. The molecule has 9 heteroatoms. The Kier molecular flexibility index (Phi) is 6.80. The van der Waals surface area contributed by atoms with Gasteiger partial charge in [-0.15, -0.1) is 0 Å². The number of piperidine rings is 1. The van der Waals surface area contributed by atoms with Crippen molar-refractivity contribution in [2.75, 3.05) is 25.5 Å². The van der Waals surface area contributed by atoms with E-state index in [1.54, 1.807) is 19.1 Å². The quantitative estimate of drug-likeness (QED) is 0.698. The average molecular weight is 451 g/mol. The maximum absolute atomic E-state index is 12.9. The summed E-state index contributed by atoms with van der Waals surface area (Å²) in [4.78, 5) is 24.8. The summed E-state index contributed by atoms with van der Waals surface area (Å²) in [5.74, 6) is -1.11. The Labute approximate surface area is 181 Å². The van der Waals surface area contributed by atoms with Crippen LogP contribution in [-0.4, -0.2) is 44.8 Å². The fraction of sp³-hybridized carbons (Fsp3) is 0.333. The summed E-state index contributed by atoms with van der Waals surface area (Å²) in [5.41, 5.74) is 1.33. The van der Waals surface area contributed by atoms with E-state index >= 15 is 0 Å². The van der Waals surface area contributed by atoms with E-state index in [9.17, 15) is 18.0 Å². The van der Waals surface area contributed by atoms with Crippen molar-refractivity contribution in [2.24, 2.45) is 0 Å². The van der Waals surface area contributed by atoms with Gasteiger partial charge in [0.25, 0.3) is 5.91 Å². The second kappa shape index (κ2) is 9.16. The monoisotopic (exact) mass is 450 g/mol. The first-order chi connectivity index (χ1) is 14.2. The van der Waals surface area contributed by atoms with Gasteiger partial charge in [-0.25, -0.2) is 13.2 Å². The Balaban J connectivity index is 1.88. The second-order valence-electron chi connectivity index (χ2n) is 7.08. The average Bonchev–Trinajstić information content (AvgIpc) is 2.75. The minimum Gasteiger partial charge on any atom is -0.465 e. The largest absolute Gasteiger partial charge is 0.465 e. The van der Waals surface area contributed by atoms with Crippen molar-refractivity contribution in [3.8, 4) is 0 Å². The van der Waals surface area contributed by atoms with E-state index in [0.29, 0.717) is 24.3 Å². The molecule has 2 aromatic carbocycles. The maximum atomic E-state index is 12.9. The Morgan fingerprint density at radius 2 is 1.73 bits per heavy atom. The van der Waals surface area contributed by atoms with Crippen LogP contribution in [0.15, 0.2) is 41.3 Å². The number of carbonyl (C=O) groups excluding carboxylic acids is 2. The van der Waals surface area contributed by atoms with E-state index < -0.39 is 21.9 Å². The van der Waals surface area contributed by atoms with Gasteiger partial charge in [-0.2, -0.15) is 4.31 Å². The number of benzene rings is 2. The molecule has 0 bridgehead atoms. The smallest absolute Gasteiger partial charge is 0.339 e. The molecular weight excluding hydrogens is 428 g/mol. The molecule has 1 saturated heterocycles. The summed E-state index contributed by atoms with van der Waals surface area (Å²) in [5, 5.41) is 2.89. The molecule has 1 amide bonds. The van der Waals surface area contributed by atoms with E-state index in [4.69, 9.17) is 11.6 Å². The molecule has 0 unspecified atom stereocenters. The molecule has 1 aliphatic rings. The lowest BCUT2D eigenvalue weighted by molar-refractivity contribution is 0.0600. The van der Waals surface area contributed by atoms with Crippen LogP contribution in [0.3, 0.4) is 0 Å². The number of hydrogen-bond donors (Lipinski definition) is 1. The number of nitrogens with one attached hydrogen (secondary N) is 1. The van der Waals surface area contributed by atoms with Crippen LogP contribution in [0.5, 0.6) is 0 Å². The molecule has 0 aliphatic carbocycles. The van der Waals surface area contributed by atoms with Gasteiger partial charge in [0.2, 0.25) is 10.0 Å². The maximum Gasteiger partial charge on any atom is 0.339 e. The summed E-state index contributed by atoms with van der Waals surface area (Å²) in [6.45, 7) is 2.70. The zero-order valence-corrected chi connectivity index (χ0v) is 18.3. The van der Waals surface area contributed by atoms with Crippen LogP contribution in [0, 0.1) is 6.92 Å². The zero-order chi connectivity index (χ0) is 21.9. The van der Waals surface area contributed by atoms with Crippen LogP contribution >= 0.6 is 11.6 Å². The number of sulfonamides is 1. The first-order valence-corrected chi connectivity index (χ1v) is 11.4. The van der Waals surface area contributed by atoms with Crippen LogP contribution < -0.4 is 5.32 Å². The minimum absolute atomic E-state index is 0.0894. The highest BCUT2D eigenvalue weighted by molar-refractivity contribution is 7.89. The number of nitrogens with zero attached hydrogens (tertiary/aromatic N) is 1. The Bertz CT molecular complexity index is 1080. The molecule has 1 N–H and O–H groups in total. The molecule has 160 valence electrons. The summed E-state index contributed by atoms with van der Waals surface area (Å²) in [7, 11) is -2.42. The van der Waals surface area contributed by atoms with E-state index in [0.717, 1.165) is 19.3 Å². The lowest BCUT2D eigenvalue weighted by Crippen LogP contribution is -2.35. The van der Waals surface area contributed by atoms with Gasteiger partial charge < -0.3 is 10.1 Å². The number of amides is 1. The third-order valence-corrected chi connectivity index (χ3v) is 7.26. The SMILES string of the molecule is COC(=O)c1cc(NC(=O)c2cc(S(=O)(=O)N3CCCCC3)ccc2C)ccc1Cl. The molecule has 2 aromatic rings. The number of aryl methyl sites for hydroxylation is 1. The third-order valence-electron chi connectivity index (χ3n) is 5.04. The van der Waals surface area contributed by atoms with Crippen molar-refractivity contribution < 1.29 is 22.7 Å². The molecule has 0 saturated carbocycles. The molecule has 30 heavy (non-hydrogen) atoms. The predicted molar refractivity (Wildman–Crippen MR) is 115 cm³/mol. The van der Waals surface area contributed by atoms with Gasteiger partial charge in [-0.05, 0) is 55.7 Å². The Hall–Kier alpha value is -2.42. The molecule has 7 nitrogen and oxygen atoms in total. The number of rotatable bonds is 5. The van der Waals surface area contributed by atoms with Gasteiger partial charge in [0.15, 0.2) is 0 Å². The van der Waals surface area contributed by atoms with Crippen LogP contribution in [0.25, 0.3) is 0 Å². The van der Waals surface area contributed by atoms with Crippen LogP contribution in [-0.2, 0) is 14.8 Å². The van der Waals surface area contributed by atoms with Crippen molar-refractivity contribution in [3.63, 3.8) is 0 Å². The molecule has 0 spiro atoms. The molecule has 0 atom stereocenters. The van der Waals surface area contributed by atoms with E-state index in [-0.39, 0.29) is 21.0 Å². The standard InChI is InChI=1S/C21H23ClN2O5S/c1-14-6-8-16(30(27,28)24-10-4-3-5-11-24)13-17(14)20(25)23-15-7-9-19(22)18(12-15)21(26)29-2/h6-9,12-13H,3-5,10-11H2,1-2H3,(H,23,25). The van der Waals surface area contributed by atoms with Crippen LogP contribution in [0.2, 0.25) is 5.02 Å².